The Kier molecular flexibility index (Phi) is 6.73. The lowest BCUT2D eigenvalue weighted by atomic mass is 10.1. The number of aromatic nitrogens is 1. The monoisotopic (exact) mass is 425 g/mol. The van der Waals surface area contributed by atoms with Gasteiger partial charge < -0.3 is 15.5 Å². The molecule has 3 rings (SSSR count). The van der Waals surface area contributed by atoms with Gasteiger partial charge in [-0.25, -0.2) is 4.98 Å². The van der Waals surface area contributed by atoms with E-state index in [1.165, 1.54) is 0 Å². The maximum absolute atomic E-state index is 12.6. The first-order chi connectivity index (χ1) is 13.8. The van der Waals surface area contributed by atoms with Crippen LogP contribution in [0.1, 0.15) is 34.7 Å². The van der Waals surface area contributed by atoms with E-state index in [0.29, 0.717) is 30.5 Å². The van der Waals surface area contributed by atoms with Crippen LogP contribution in [-0.2, 0) is 30.6 Å². The number of nitrogens with zero attached hydrogens (tertiary/aromatic N) is 3. The van der Waals surface area contributed by atoms with E-state index in [-0.39, 0.29) is 12.5 Å². The smallest absolute Gasteiger partial charge is 0.352 e. The van der Waals surface area contributed by atoms with Gasteiger partial charge >= 0.3 is 6.18 Å². The van der Waals surface area contributed by atoms with Crippen molar-refractivity contribution in [3.8, 4) is 0 Å². The van der Waals surface area contributed by atoms with Crippen molar-refractivity contribution >= 4 is 23.2 Å². The minimum Gasteiger partial charge on any atom is -0.352 e. The van der Waals surface area contributed by atoms with Crippen molar-refractivity contribution < 1.29 is 18.0 Å². The van der Waals surface area contributed by atoms with Crippen LogP contribution in [0.2, 0.25) is 0 Å². The fourth-order valence-corrected chi connectivity index (χ4v) is 3.68. The highest BCUT2D eigenvalue weighted by atomic mass is 32.1. The third kappa shape index (κ3) is 5.93. The van der Waals surface area contributed by atoms with E-state index in [0.717, 1.165) is 40.8 Å². The third-order valence-corrected chi connectivity index (χ3v) is 5.35. The van der Waals surface area contributed by atoms with E-state index in [2.05, 4.69) is 20.6 Å². The fourth-order valence-electron chi connectivity index (χ4n) is 2.94. The molecule has 2 N–H and O–H groups in total. The number of hydrogen-bond acceptors (Lipinski definition) is 4. The highest BCUT2D eigenvalue weighted by molar-refractivity contribution is 7.09. The molecule has 0 unspecified atom stereocenters. The molecule has 1 saturated heterocycles. The first kappa shape index (κ1) is 21.1. The number of rotatable bonds is 6. The molecule has 1 aliphatic heterocycles. The van der Waals surface area contributed by atoms with Gasteiger partial charge in [-0.2, -0.15) is 13.2 Å². The summed E-state index contributed by atoms with van der Waals surface area (Å²) in [5.74, 6) is 0.675. The van der Waals surface area contributed by atoms with Crippen LogP contribution in [0.3, 0.4) is 0 Å². The molecule has 10 heteroatoms. The third-order valence-electron chi connectivity index (χ3n) is 4.50. The second kappa shape index (κ2) is 9.25. The molecule has 0 saturated carbocycles. The van der Waals surface area contributed by atoms with Gasteiger partial charge in [-0.3, -0.25) is 9.79 Å². The summed E-state index contributed by atoms with van der Waals surface area (Å²) >= 11 is 0.954. The Hall–Kier alpha value is -2.62. The number of benzene rings is 1. The van der Waals surface area contributed by atoms with Crippen molar-refractivity contribution in [2.75, 3.05) is 13.6 Å². The standard InChI is InChI=1S/C19H22F3N5OS/c1-23-18(25-10-16-26-15(12-29-16)19(20,21)22)24-9-13-4-6-14(7-5-13)11-27-8-2-3-17(27)28/h4-7,12H,2-3,8-11H2,1H3,(H2,23,24,25). The van der Waals surface area contributed by atoms with E-state index < -0.39 is 11.9 Å². The number of alkyl halides is 3. The summed E-state index contributed by atoms with van der Waals surface area (Å²) in [6, 6.07) is 7.94. The zero-order valence-electron chi connectivity index (χ0n) is 15.9. The lowest BCUT2D eigenvalue weighted by molar-refractivity contribution is -0.140. The number of thiazole rings is 1. The van der Waals surface area contributed by atoms with Gasteiger partial charge in [0, 0.05) is 38.5 Å². The minimum atomic E-state index is -4.43. The molecule has 0 aliphatic carbocycles. The molecular formula is C19H22F3N5OS. The lowest BCUT2D eigenvalue weighted by Gasteiger charge is -2.16. The normalized spacial score (nSPS) is 15.1. The van der Waals surface area contributed by atoms with Crippen LogP contribution in [0, 0.1) is 0 Å². The Balaban J connectivity index is 1.46. The number of nitrogens with one attached hydrogen (secondary N) is 2. The van der Waals surface area contributed by atoms with Crippen LogP contribution in [0.25, 0.3) is 0 Å². The predicted octanol–water partition coefficient (Wildman–Crippen LogP) is 3.15. The van der Waals surface area contributed by atoms with Crippen LogP contribution in [0.5, 0.6) is 0 Å². The second-order valence-electron chi connectivity index (χ2n) is 6.64. The zero-order valence-corrected chi connectivity index (χ0v) is 16.7. The average Bonchev–Trinajstić information content (AvgIpc) is 3.32. The van der Waals surface area contributed by atoms with Gasteiger partial charge in [-0.05, 0) is 17.5 Å². The second-order valence-corrected chi connectivity index (χ2v) is 7.58. The van der Waals surface area contributed by atoms with E-state index in [9.17, 15) is 18.0 Å². The molecule has 6 nitrogen and oxygen atoms in total. The highest BCUT2D eigenvalue weighted by Crippen LogP contribution is 2.29. The number of aliphatic imine (C=N–C) groups is 1. The molecule has 1 aromatic heterocycles. The van der Waals surface area contributed by atoms with Gasteiger partial charge in [0.15, 0.2) is 11.7 Å². The Morgan fingerprint density at radius 3 is 2.48 bits per heavy atom. The molecule has 0 spiro atoms. The molecule has 0 radical (unpaired) electrons. The number of guanidine groups is 1. The van der Waals surface area contributed by atoms with Gasteiger partial charge in [0.05, 0.1) is 6.54 Å². The summed E-state index contributed by atoms with van der Waals surface area (Å²) < 4.78 is 37.8. The van der Waals surface area contributed by atoms with Gasteiger partial charge in [0.2, 0.25) is 5.91 Å². The van der Waals surface area contributed by atoms with Gasteiger partial charge in [-0.15, -0.1) is 11.3 Å². The Bertz CT molecular complexity index is 863. The Labute approximate surface area is 170 Å². The molecule has 29 heavy (non-hydrogen) atoms. The summed E-state index contributed by atoms with van der Waals surface area (Å²) in [6.07, 6.45) is -2.87. The Morgan fingerprint density at radius 2 is 1.90 bits per heavy atom. The van der Waals surface area contributed by atoms with E-state index in [1.807, 2.05) is 29.2 Å². The van der Waals surface area contributed by atoms with Crippen LogP contribution >= 0.6 is 11.3 Å². The largest absolute Gasteiger partial charge is 0.434 e. The molecule has 0 atom stereocenters. The minimum absolute atomic E-state index is 0.156. The maximum atomic E-state index is 12.6. The number of carbonyl (C=O) groups is 1. The molecule has 1 amide bonds. The van der Waals surface area contributed by atoms with Gasteiger partial charge in [-0.1, -0.05) is 24.3 Å². The number of carbonyl (C=O) groups excluding carboxylic acids is 1. The number of hydrogen-bond donors (Lipinski definition) is 2. The van der Waals surface area contributed by atoms with Crippen molar-refractivity contribution in [2.24, 2.45) is 4.99 Å². The Morgan fingerprint density at radius 1 is 1.21 bits per heavy atom. The van der Waals surface area contributed by atoms with Crippen LogP contribution in [-0.4, -0.2) is 35.3 Å². The summed E-state index contributed by atoms with van der Waals surface area (Å²) in [5, 5.41) is 7.42. The molecule has 1 aromatic carbocycles. The molecular weight excluding hydrogens is 403 g/mol. The van der Waals surface area contributed by atoms with E-state index >= 15 is 0 Å². The summed E-state index contributed by atoms with van der Waals surface area (Å²) in [5.41, 5.74) is 1.23. The zero-order chi connectivity index (χ0) is 20.9. The summed E-state index contributed by atoms with van der Waals surface area (Å²) in [4.78, 5) is 21.2. The van der Waals surface area contributed by atoms with Crippen molar-refractivity contribution in [3.05, 3.63) is 51.5 Å². The highest BCUT2D eigenvalue weighted by Gasteiger charge is 2.33. The maximum Gasteiger partial charge on any atom is 0.434 e. The first-order valence-electron chi connectivity index (χ1n) is 9.17. The van der Waals surface area contributed by atoms with Crippen LogP contribution in [0.4, 0.5) is 13.2 Å². The number of likely N-dealkylation sites (tertiary alicyclic amines) is 1. The van der Waals surface area contributed by atoms with Crippen molar-refractivity contribution in [1.29, 1.82) is 0 Å². The molecule has 1 aliphatic rings. The van der Waals surface area contributed by atoms with Gasteiger partial charge in [0.25, 0.3) is 0 Å². The van der Waals surface area contributed by atoms with E-state index in [1.54, 1.807) is 7.05 Å². The average molecular weight is 425 g/mol. The molecule has 0 bridgehead atoms. The number of halogens is 3. The fraction of sp³-hybridized carbons (Fsp3) is 0.421. The van der Waals surface area contributed by atoms with Crippen LogP contribution < -0.4 is 10.6 Å². The molecule has 2 aromatic rings. The topological polar surface area (TPSA) is 69.6 Å². The summed E-state index contributed by atoms with van der Waals surface area (Å²) in [6.45, 7) is 2.11. The lowest BCUT2D eigenvalue weighted by Crippen LogP contribution is -2.36. The number of amides is 1. The van der Waals surface area contributed by atoms with Crippen molar-refractivity contribution in [1.82, 2.24) is 20.5 Å². The summed E-state index contributed by atoms with van der Waals surface area (Å²) in [7, 11) is 1.59. The quantitative estimate of drug-likeness (QED) is 0.551. The molecule has 2 heterocycles. The van der Waals surface area contributed by atoms with E-state index in [4.69, 9.17) is 0 Å². The predicted molar refractivity (Wildman–Crippen MR) is 105 cm³/mol. The molecule has 156 valence electrons. The van der Waals surface area contributed by atoms with Crippen molar-refractivity contribution in [3.63, 3.8) is 0 Å². The first-order valence-corrected chi connectivity index (χ1v) is 10.0. The van der Waals surface area contributed by atoms with Gasteiger partial charge in [0.1, 0.15) is 5.01 Å². The molecule has 1 fully saturated rings. The SMILES string of the molecule is CN=C(NCc1ccc(CN2CCCC2=O)cc1)NCc1nc(C(F)(F)F)cs1. The van der Waals surface area contributed by atoms with Crippen molar-refractivity contribution in [2.45, 2.75) is 38.7 Å². The van der Waals surface area contributed by atoms with Crippen LogP contribution in [0.15, 0.2) is 34.6 Å².